The van der Waals surface area contributed by atoms with Crippen molar-refractivity contribution in [1.29, 1.82) is 0 Å². The summed E-state index contributed by atoms with van der Waals surface area (Å²) in [4.78, 5) is 10.3. The van der Waals surface area contributed by atoms with Gasteiger partial charge in [-0.25, -0.2) is 0 Å². The van der Waals surface area contributed by atoms with Crippen molar-refractivity contribution < 1.29 is 9.90 Å². The predicted octanol–water partition coefficient (Wildman–Crippen LogP) is 4.77. The van der Waals surface area contributed by atoms with Gasteiger partial charge in [0.2, 0.25) is 0 Å². The summed E-state index contributed by atoms with van der Waals surface area (Å²) in [7, 11) is 0. The first kappa shape index (κ1) is 14.5. The van der Waals surface area contributed by atoms with E-state index < -0.39 is 5.97 Å². The average Bonchev–Trinajstić information content (AvgIpc) is 2.79. The van der Waals surface area contributed by atoms with Crippen molar-refractivity contribution in [2.24, 2.45) is 5.92 Å². The van der Waals surface area contributed by atoms with Crippen molar-refractivity contribution in [3.8, 4) is 0 Å². The number of carboxylic acid groups (broad SMARTS) is 1. The van der Waals surface area contributed by atoms with Crippen LogP contribution in [0.1, 0.15) is 83.5 Å². The molecule has 2 nitrogen and oxygen atoms in total. The summed E-state index contributed by atoms with van der Waals surface area (Å²) < 4.78 is 0. The van der Waals surface area contributed by atoms with Gasteiger partial charge < -0.3 is 5.11 Å². The fraction of sp³-hybridized carbons (Fsp3) is 0.933. The molecule has 1 aliphatic carbocycles. The molecule has 0 aromatic rings. The number of hydrogen-bond donors (Lipinski definition) is 1. The van der Waals surface area contributed by atoms with Crippen LogP contribution in [0.4, 0.5) is 0 Å². The van der Waals surface area contributed by atoms with E-state index in [9.17, 15) is 4.79 Å². The van der Waals surface area contributed by atoms with Gasteiger partial charge in [0.25, 0.3) is 0 Å². The zero-order valence-corrected chi connectivity index (χ0v) is 11.1. The molecule has 100 valence electrons. The molecule has 0 aromatic heterocycles. The monoisotopic (exact) mass is 240 g/mol. The number of aliphatic carboxylic acids is 1. The van der Waals surface area contributed by atoms with E-state index in [1.165, 1.54) is 64.2 Å². The Bertz CT molecular complexity index is 195. The first-order valence-electron chi connectivity index (χ1n) is 7.51. The summed E-state index contributed by atoms with van der Waals surface area (Å²) in [6, 6.07) is 0. The smallest absolute Gasteiger partial charge is 0.303 e. The Labute approximate surface area is 106 Å². The third-order valence-corrected chi connectivity index (χ3v) is 3.98. The summed E-state index contributed by atoms with van der Waals surface area (Å²) in [6.45, 7) is 0. The molecule has 1 saturated carbocycles. The number of carboxylic acids is 1. The molecule has 17 heavy (non-hydrogen) atoms. The van der Waals surface area contributed by atoms with Crippen LogP contribution in [-0.4, -0.2) is 11.1 Å². The Morgan fingerprint density at radius 1 is 0.882 bits per heavy atom. The highest BCUT2D eigenvalue weighted by atomic mass is 16.4. The lowest BCUT2D eigenvalue weighted by molar-refractivity contribution is -0.137. The van der Waals surface area contributed by atoms with Crippen LogP contribution >= 0.6 is 0 Å². The van der Waals surface area contributed by atoms with Gasteiger partial charge in [-0.05, 0) is 12.3 Å². The minimum atomic E-state index is -0.651. The van der Waals surface area contributed by atoms with Gasteiger partial charge in [0, 0.05) is 6.42 Å². The van der Waals surface area contributed by atoms with Crippen LogP contribution in [0, 0.1) is 5.92 Å². The molecule has 0 saturated heterocycles. The molecule has 0 spiro atoms. The third-order valence-electron chi connectivity index (χ3n) is 3.98. The zero-order chi connectivity index (χ0) is 12.3. The van der Waals surface area contributed by atoms with Crippen molar-refractivity contribution in [3.63, 3.8) is 0 Å². The van der Waals surface area contributed by atoms with Crippen molar-refractivity contribution in [2.75, 3.05) is 0 Å². The molecule has 1 fully saturated rings. The standard InChI is InChI=1S/C15H28O2/c16-15(17)13-7-5-3-1-2-4-6-10-14-11-8-9-12-14/h14H,1-13H2,(H,16,17). The van der Waals surface area contributed by atoms with E-state index in [-0.39, 0.29) is 0 Å². The highest BCUT2D eigenvalue weighted by Crippen LogP contribution is 2.29. The molecule has 0 unspecified atom stereocenters. The van der Waals surface area contributed by atoms with Gasteiger partial charge in [0.15, 0.2) is 0 Å². The molecule has 1 N–H and O–H groups in total. The van der Waals surface area contributed by atoms with E-state index in [0.29, 0.717) is 6.42 Å². The maximum Gasteiger partial charge on any atom is 0.303 e. The average molecular weight is 240 g/mol. The highest BCUT2D eigenvalue weighted by Gasteiger charge is 2.13. The Balaban J connectivity index is 1.73. The molecule has 0 heterocycles. The van der Waals surface area contributed by atoms with Gasteiger partial charge in [-0.2, -0.15) is 0 Å². The molecule has 1 aliphatic rings. The zero-order valence-electron chi connectivity index (χ0n) is 11.1. The van der Waals surface area contributed by atoms with Crippen LogP contribution in [-0.2, 0) is 4.79 Å². The molecule has 2 heteroatoms. The fourth-order valence-electron chi connectivity index (χ4n) is 2.89. The van der Waals surface area contributed by atoms with Gasteiger partial charge in [0.05, 0.1) is 0 Å². The predicted molar refractivity (Wildman–Crippen MR) is 71.1 cm³/mol. The van der Waals surface area contributed by atoms with Gasteiger partial charge in [-0.3, -0.25) is 4.79 Å². The summed E-state index contributed by atoms with van der Waals surface area (Å²) >= 11 is 0. The number of unbranched alkanes of at least 4 members (excludes halogenated alkanes) is 6. The van der Waals surface area contributed by atoms with Crippen molar-refractivity contribution in [2.45, 2.75) is 83.5 Å². The Hall–Kier alpha value is -0.530. The first-order chi connectivity index (χ1) is 8.29. The van der Waals surface area contributed by atoms with Crippen LogP contribution in [0.25, 0.3) is 0 Å². The normalized spacial score (nSPS) is 16.5. The summed E-state index contributed by atoms with van der Waals surface area (Å²) in [5, 5.41) is 8.49. The Morgan fingerprint density at radius 2 is 1.41 bits per heavy atom. The van der Waals surface area contributed by atoms with Gasteiger partial charge in [-0.1, -0.05) is 70.6 Å². The van der Waals surface area contributed by atoms with Crippen molar-refractivity contribution >= 4 is 5.97 Å². The lowest BCUT2D eigenvalue weighted by atomic mass is 9.99. The number of rotatable bonds is 10. The molecule has 0 aromatic carbocycles. The number of carbonyl (C=O) groups is 1. The van der Waals surface area contributed by atoms with Gasteiger partial charge in [0.1, 0.15) is 0 Å². The largest absolute Gasteiger partial charge is 0.481 e. The van der Waals surface area contributed by atoms with Gasteiger partial charge >= 0.3 is 5.97 Å². The lowest BCUT2D eigenvalue weighted by Gasteiger charge is -2.07. The molecule has 0 aliphatic heterocycles. The SMILES string of the molecule is O=C(O)CCCCCCCCCC1CCCC1. The molecule has 0 amide bonds. The van der Waals surface area contributed by atoms with Crippen LogP contribution in [0.15, 0.2) is 0 Å². The van der Waals surface area contributed by atoms with Crippen LogP contribution < -0.4 is 0 Å². The molecule has 0 radical (unpaired) electrons. The Kier molecular flexibility index (Phi) is 8.12. The second-order valence-electron chi connectivity index (χ2n) is 5.56. The molecular formula is C15H28O2. The van der Waals surface area contributed by atoms with Crippen LogP contribution in [0.2, 0.25) is 0 Å². The van der Waals surface area contributed by atoms with Crippen molar-refractivity contribution in [1.82, 2.24) is 0 Å². The maximum absolute atomic E-state index is 10.3. The second-order valence-corrected chi connectivity index (χ2v) is 5.56. The number of hydrogen-bond acceptors (Lipinski definition) is 1. The van der Waals surface area contributed by atoms with Crippen molar-refractivity contribution in [3.05, 3.63) is 0 Å². The maximum atomic E-state index is 10.3. The summed E-state index contributed by atoms with van der Waals surface area (Å²) in [5.41, 5.74) is 0. The molecule has 1 rings (SSSR count). The van der Waals surface area contributed by atoms with E-state index in [1.54, 1.807) is 0 Å². The lowest BCUT2D eigenvalue weighted by Crippen LogP contribution is -1.94. The highest BCUT2D eigenvalue weighted by molar-refractivity contribution is 5.66. The van der Waals surface area contributed by atoms with Gasteiger partial charge in [-0.15, -0.1) is 0 Å². The van der Waals surface area contributed by atoms with E-state index >= 15 is 0 Å². The fourth-order valence-corrected chi connectivity index (χ4v) is 2.89. The van der Waals surface area contributed by atoms with E-state index in [0.717, 1.165) is 18.8 Å². The van der Waals surface area contributed by atoms with E-state index in [2.05, 4.69) is 0 Å². The summed E-state index contributed by atoms with van der Waals surface area (Å²) in [6.07, 6.45) is 16.3. The van der Waals surface area contributed by atoms with E-state index in [4.69, 9.17) is 5.11 Å². The quantitative estimate of drug-likeness (QED) is 0.558. The molecular weight excluding hydrogens is 212 g/mol. The Morgan fingerprint density at radius 3 is 2.00 bits per heavy atom. The second kappa shape index (κ2) is 9.49. The van der Waals surface area contributed by atoms with Crippen LogP contribution in [0.5, 0.6) is 0 Å². The first-order valence-corrected chi connectivity index (χ1v) is 7.51. The topological polar surface area (TPSA) is 37.3 Å². The minimum absolute atomic E-state index is 0.349. The third kappa shape index (κ3) is 8.23. The van der Waals surface area contributed by atoms with Crippen LogP contribution in [0.3, 0.4) is 0 Å². The molecule has 0 atom stereocenters. The van der Waals surface area contributed by atoms with E-state index in [1.807, 2.05) is 0 Å². The summed E-state index contributed by atoms with van der Waals surface area (Å²) in [5.74, 6) is 0.395. The molecule has 0 bridgehead atoms. The minimum Gasteiger partial charge on any atom is -0.481 e.